The van der Waals surface area contributed by atoms with Crippen LogP contribution in [0.5, 0.6) is 11.5 Å². The van der Waals surface area contributed by atoms with E-state index in [1.54, 1.807) is 100 Å². The molecule has 0 saturated carbocycles. The van der Waals surface area contributed by atoms with E-state index >= 15 is 0 Å². The molecule has 3 aromatic carbocycles. The Balaban J connectivity index is 1.53. The molecule has 1 atom stereocenters. The van der Waals surface area contributed by atoms with E-state index in [1.807, 2.05) is 0 Å². The summed E-state index contributed by atoms with van der Waals surface area (Å²) in [4.78, 5) is 67.7. The second-order valence-electron chi connectivity index (χ2n) is 14.8. The quantitative estimate of drug-likeness (QED) is 0.0388. The fraction of sp³-hybridized carbons (Fsp3) is 0.439. The fourth-order valence-electron chi connectivity index (χ4n) is 4.67. The normalized spacial score (nSPS) is 11.9. The van der Waals surface area contributed by atoms with Crippen molar-refractivity contribution in [3.8, 4) is 11.5 Å². The molecule has 0 bridgehead atoms. The van der Waals surface area contributed by atoms with E-state index < -0.39 is 20.0 Å². The highest BCUT2D eigenvalue weighted by Gasteiger charge is 2.22. The summed E-state index contributed by atoms with van der Waals surface area (Å²) in [6, 6.07) is 21.4. The van der Waals surface area contributed by atoms with Crippen molar-refractivity contribution in [2.45, 2.75) is 85.9 Å². The Bertz CT molecular complexity index is 1650. The lowest BCUT2D eigenvalue weighted by atomic mass is 9.90. The van der Waals surface area contributed by atoms with Crippen molar-refractivity contribution in [3.63, 3.8) is 0 Å². The average molecular weight is 748 g/mol. The number of benzene rings is 3. The van der Waals surface area contributed by atoms with Gasteiger partial charge in [0, 0.05) is 27.0 Å². The van der Waals surface area contributed by atoms with Gasteiger partial charge in [0.05, 0.1) is 24.0 Å². The minimum atomic E-state index is -1.33. The molecule has 0 aliphatic carbocycles. The molecule has 3 rings (SSSR count). The number of rotatable bonds is 21. The third-order valence-corrected chi connectivity index (χ3v) is 9.81. The molecule has 0 aliphatic heterocycles. The van der Waals surface area contributed by atoms with Gasteiger partial charge >= 0.3 is 17.9 Å². The van der Waals surface area contributed by atoms with Gasteiger partial charge in [0.25, 0.3) is 0 Å². The highest BCUT2D eigenvalue weighted by atomic mass is 28.3. The van der Waals surface area contributed by atoms with Crippen molar-refractivity contribution in [2.75, 3.05) is 13.2 Å². The predicted octanol–water partition coefficient (Wildman–Crippen LogP) is 7.28. The standard InChI is InChI=1S/C41H53NO10Si/c1-28(2)39(45)51-35-17-10-31(11-18-35)25-49-41(47)33-14-8-30(9-15-33)24-34(37(43)27-48-22-23-53(5,6)7)16-21-38(44)42-50-26-32-12-19-36(20-13-32)52-40(46)29(3)4/h8-15,17-20,28-29,34H,16,21-27H2,1-7H3,(H,42,44). The number of carbonyl (C=O) groups is 5. The van der Waals surface area contributed by atoms with Crippen molar-refractivity contribution in [3.05, 3.63) is 95.1 Å². The van der Waals surface area contributed by atoms with Crippen LogP contribution < -0.4 is 15.0 Å². The van der Waals surface area contributed by atoms with E-state index in [1.165, 1.54) is 0 Å². The van der Waals surface area contributed by atoms with E-state index in [4.69, 9.17) is 23.8 Å². The van der Waals surface area contributed by atoms with Crippen LogP contribution in [0.4, 0.5) is 0 Å². The van der Waals surface area contributed by atoms with E-state index in [9.17, 15) is 24.0 Å². The molecular formula is C41H53NO10Si. The van der Waals surface area contributed by atoms with E-state index in [0.29, 0.717) is 30.1 Å². The second kappa shape index (κ2) is 21.1. The van der Waals surface area contributed by atoms with Crippen LogP contribution in [0.2, 0.25) is 25.7 Å². The van der Waals surface area contributed by atoms with Crippen LogP contribution in [-0.2, 0) is 53.1 Å². The number of amides is 1. The zero-order chi connectivity index (χ0) is 39.0. The van der Waals surface area contributed by atoms with Gasteiger partial charge in [-0.15, -0.1) is 0 Å². The van der Waals surface area contributed by atoms with Crippen molar-refractivity contribution >= 4 is 37.7 Å². The first-order chi connectivity index (χ1) is 25.1. The summed E-state index contributed by atoms with van der Waals surface area (Å²) in [7, 11) is -1.33. The summed E-state index contributed by atoms with van der Waals surface area (Å²) in [5.74, 6) is -1.74. The predicted molar refractivity (Wildman–Crippen MR) is 203 cm³/mol. The first-order valence-corrected chi connectivity index (χ1v) is 21.7. The molecule has 0 heterocycles. The molecule has 1 amide bonds. The van der Waals surface area contributed by atoms with Gasteiger partial charge in [-0.25, -0.2) is 10.3 Å². The molecule has 0 aliphatic rings. The molecule has 0 spiro atoms. The molecule has 53 heavy (non-hydrogen) atoms. The monoisotopic (exact) mass is 747 g/mol. The number of hydrogen-bond donors (Lipinski definition) is 1. The molecule has 12 heteroatoms. The number of carbonyl (C=O) groups excluding carboxylic acids is 5. The summed E-state index contributed by atoms with van der Waals surface area (Å²) >= 11 is 0. The zero-order valence-corrected chi connectivity index (χ0v) is 32.9. The number of ketones is 1. The van der Waals surface area contributed by atoms with Crippen LogP contribution in [0.3, 0.4) is 0 Å². The Morgan fingerprint density at radius 3 is 1.70 bits per heavy atom. The lowest BCUT2D eigenvalue weighted by Gasteiger charge is -2.18. The molecule has 0 radical (unpaired) electrons. The molecule has 0 fully saturated rings. The summed E-state index contributed by atoms with van der Waals surface area (Å²) in [6.07, 6.45) is 0.697. The molecule has 11 nitrogen and oxygen atoms in total. The SMILES string of the molecule is CC(C)C(=O)Oc1ccc(CONC(=O)CCC(Cc2ccc(C(=O)OCc3ccc(OC(=O)C(C)C)cc3)cc2)C(=O)COCC[Si](C)(C)C)cc1. The number of ether oxygens (including phenoxy) is 4. The molecule has 0 saturated heterocycles. The van der Waals surface area contributed by atoms with Crippen LogP contribution >= 0.6 is 0 Å². The van der Waals surface area contributed by atoms with Crippen LogP contribution in [0.25, 0.3) is 0 Å². The highest BCUT2D eigenvalue weighted by molar-refractivity contribution is 6.76. The Kier molecular flexibility index (Phi) is 17.1. The second-order valence-corrected chi connectivity index (χ2v) is 20.4. The van der Waals surface area contributed by atoms with Crippen LogP contribution in [0.15, 0.2) is 72.8 Å². The topological polar surface area (TPSA) is 144 Å². The zero-order valence-electron chi connectivity index (χ0n) is 31.9. The molecule has 3 aromatic rings. The van der Waals surface area contributed by atoms with E-state index in [-0.39, 0.29) is 68.1 Å². The van der Waals surface area contributed by atoms with Crippen molar-refractivity contribution < 1.29 is 47.8 Å². The Labute approximate surface area is 313 Å². The lowest BCUT2D eigenvalue weighted by Crippen LogP contribution is -2.28. The fourth-order valence-corrected chi connectivity index (χ4v) is 5.43. The van der Waals surface area contributed by atoms with Gasteiger partial charge in [0.1, 0.15) is 24.7 Å². The van der Waals surface area contributed by atoms with Gasteiger partial charge in [0.2, 0.25) is 5.91 Å². The molecule has 1 unspecified atom stereocenters. The molecule has 1 N–H and O–H groups in total. The Morgan fingerprint density at radius 1 is 0.679 bits per heavy atom. The number of hydroxylamine groups is 1. The Morgan fingerprint density at radius 2 is 1.19 bits per heavy atom. The van der Waals surface area contributed by atoms with Crippen LogP contribution in [-0.4, -0.2) is 50.9 Å². The summed E-state index contributed by atoms with van der Waals surface area (Å²) < 4.78 is 21.8. The minimum Gasteiger partial charge on any atom is -0.457 e. The maximum atomic E-state index is 13.3. The van der Waals surface area contributed by atoms with Crippen molar-refractivity contribution in [2.24, 2.45) is 17.8 Å². The van der Waals surface area contributed by atoms with E-state index in [2.05, 4.69) is 25.1 Å². The largest absolute Gasteiger partial charge is 0.457 e. The maximum absolute atomic E-state index is 13.3. The average Bonchev–Trinajstić information content (AvgIpc) is 3.11. The van der Waals surface area contributed by atoms with Crippen molar-refractivity contribution in [1.29, 1.82) is 0 Å². The summed E-state index contributed by atoms with van der Waals surface area (Å²) in [5.41, 5.74) is 5.14. The highest BCUT2D eigenvalue weighted by Crippen LogP contribution is 2.20. The van der Waals surface area contributed by atoms with Gasteiger partial charge in [-0.2, -0.15) is 0 Å². The van der Waals surface area contributed by atoms with Gasteiger partial charge in [-0.05, 0) is 72.0 Å². The Hall–Kier alpha value is -4.65. The summed E-state index contributed by atoms with van der Waals surface area (Å²) in [5, 5.41) is 0. The van der Waals surface area contributed by atoms with Crippen molar-refractivity contribution in [1.82, 2.24) is 5.48 Å². The van der Waals surface area contributed by atoms with Gasteiger partial charge in [-0.3, -0.25) is 24.0 Å². The first-order valence-electron chi connectivity index (χ1n) is 18.0. The minimum absolute atomic E-state index is 0.0404. The van der Waals surface area contributed by atoms with Gasteiger partial charge in [0.15, 0.2) is 5.78 Å². The third kappa shape index (κ3) is 16.3. The lowest BCUT2D eigenvalue weighted by molar-refractivity contribution is -0.138. The molecular weight excluding hydrogens is 695 g/mol. The van der Waals surface area contributed by atoms with Crippen LogP contribution in [0.1, 0.15) is 67.6 Å². The van der Waals surface area contributed by atoms with E-state index in [0.717, 1.165) is 22.7 Å². The number of esters is 3. The maximum Gasteiger partial charge on any atom is 0.338 e. The number of Topliss-reactive ketones (excluding diaryl/α,β-unsaturated/α-hetero) is 1. The molecule has 0 aromatic heterocycles. The smallest absolute Gasteiger partial charge is 0.338 e. The third-order valence-electron chi connectivity index (χ3n) is 8.11. The first kappa shape index (κ1) is 42.8. The van der Waals surface area contributed by atoms with Crippen LogP contribution in [0, 0.1) is 17.8 Å². The number of hydrogen-bond acceptors (Lipinski definition) is 10. The molecule has 286 valence electrons. The number of nitrogens with one attached hydrogen (secondary N) is 1. The summed E-state index contributed by atoms with van der Waals surface area (Å²) in [6.45, 7) is 14.4. The van der Waals surface area contributed by atoms with Gasteiger partial charge in [-0.1, -0.05) is 83.7 Å². The van der Waals surface area contributed by atoms with Gasteiger partial charge < -0.3 is 18.9 Å².